The van der Waals surface area contributed by atoms with Gasteiger partial charge in [0.1, 0.15) is 18.0 Å². The van der Waals surface area contributed by atoms with Gasteiger partial charge in [0.15, 0.2) is 23.2 Å². The average Bonchev–Trinajstić information content (AvgIpc) is 3.42. The number of carbonyl (C=O) groups excluding carboxylic acids is 1. The Kier molecular flexibility index (Phi) is 4.78. The van der Waals surface area contributed by atoms with Crippen LogP contribution in [0.1, 0.15) is 29.9 Å². The Bertz CT molecular complexity index is 1300. The van der Waals surface area contributed by atoms with Gasteiger partial charge in [0.2, 0.25) is 10.0 Å². The number of hydrogen-bond acceptors (Lipinski definition) is 8. The SMILES string of the molecule is CC[C@@]12CN(S(C)(=O)=O)[C@@H]([C@H](n3cnc4c(NC(=O)c5ccccc5)ncnc43)O1)[C@@H]2O. The van der Waals surface area contributed by atoms with Crippen molar-refractivity contribution in [1.29, 1.82) is 0 Å². The number of imidazole rings is 1. The summed E-state index contributed by atoms with van der Waals surface area (Å²) in [7, 11) is -3.58. The number of anilines is 1. The Balaban J connectivity index is 1.52. The number of morpholine rings is 1. The molecule has 4 atom stereocenters. The molecule has 0 unspecified atom stereocenters. The van der Waals surface area contributed by atoms with Gasteiger partial charge in [0, 0.05) is 12.1 Å². The molecule has 168 valence electrons. The number of fused-ring (bicyclic) bond motifs is 3. The van der Waals surface area contributed by atoms with E-state index >= 15 is 0 Å². The molecule has 1 aromatic carbocycles. The monoisotopic (exact) mass is 458 g/mol. The van der Waals surface area contributed by atoms with Crippen LogP contribution >= 0.6 is 0 Å². The third kappa shape index (κ3) is 3.10. The number of benzene rings is 1. The van der Waals surface area contributed by atoms with E-state index in [1.807, 2.05) is 13.0 Å². The maximum atomic E-state index is 12.6. The summed E-state index contributed by atoms with van der Waals surface area (Å²) in [5.41, 5.74) is 0.140. The number of aliphatic hydroxyl groups is 1. The number of nitrogens with zero attached hydrogens (tertiary/aromatic N) is 5. The van der Waals surface area contributed by atoms with Crippen molar-refractivity contribution in [2.24, 2.45) is 0 Å². The predicted octanol–water partition coefficient (Wildman–Crippen LogP) is 0.761. The lowest BCUT2D eigenvalue weighted by Gasteiger charge is -2.35. The zero-order chi connectivity index (χ0) is 22.7. The highest BCUT2D eigenvalue weighted by Gasteiger charge is 2.65. The van der Waals surface area contributed by atoms with E-state index in [-0.39, 0.29) is 18.3 Å². The number of ether oxygens (including phenoxy) is 1. The van der Waals surface area contributed by atoms with E-state index in [4.69, 9.17) is 4.74 Å². The van der Waals surface area contributed by atoms with Gasteiger partial charge in [-0.1, -0.05) is 25.1 Å². The van der Waals surface area contributed by atoms with Gasteiger partial charge in [-0.15, -0.1) is 0 Å². The molecule has 2 aliphatic rings. The summed E-state index contributed by atoms with van der Waals surface area (Å²) in [5.74, 6) is -0.128. The Labute approximate surface area is 184 Å². The summed E-state index contributed by atoms with van der Waals surface area (Å²) in [6, 6.07) is 7.87. The fourth-order valence-electron chi connectivity index (χ4n) is 4.51. The molecule has 2 fully saturated rings. The van der Waals surface area contributed by atoms with Crippen molar-refractivity contribution in [2.45, 2.75) is 37.3 Å². The third-order valence-electron chi connectivity index (χ3n) is 6.19. The van der Waals surface area contributed by atoms with Gasteiger partial charge in [-0.25, -0.2) is 23.4 Å². The lowest BCUT2D eigenvalue weighted by Crippen LogP contribution is -2.47. The van der Waals surface area contributed by atoms with Crippen LogP contribution in [0.25, 0.3) is 11.2 Å². The first-order valence-corrected chi connectivity index (χ1v) is 12.0. The highest BCUT2D eigenvalue weighted by atomic mass is 32.2. The molecule has 2 bridgehead atoms. The largest absolute Gasteiger partial charge is 0.388 e. The van der Waals surface area contributed by atoms with Crippen molar-refractivity contribution in [1.82, 2.24) is 23.8 Å². The normalized spacial score (nSPS) is 27.8. The minimum atomic E-state index is -3.58. The maximum Gasteiger partial charge on any atom is 0.256 e. The molecule has 4 heterocycles. The number of aromatic nitrogens is 4. The molecule has 1 amide bonds. The molecule has 0 saturated carbocycles. The number of amides is 1. The third-order valence-corrected chi connectivity index (χ3v) is 7.42. The van der Waals surface area contributed by atoms with E-state index in [1.54, 1.807) is 28.8 Å². The van der Waals surface area contributed by atoms with Crippen LogP contribution in [0.4, 0.5) is 5.82 Å². The van der Waals surface area contributed by atoms with Gasteiger partial charge < -0.3 is 15.2 Å². The summed E-state index contributed by atoms with van der Waals surface area (Å²) in [5, 5.41) is 13.6. The van der Waals surface area contributed by atoms with Gasteiger partial charge in [-0.05, 0) is 18.6 Å². The van der Waals surface area contributed by atoms with E-state index in [2.05, 4.69) is 20.3 Å². The van der Waals surface area contributed by atoms with Gasteiger partial charge in [-0.3, -0.25) is 9.36 Å². The standard InChI is InChI=1S/C20H22N6O5S/c1-3-20-9-26(32(2,29)30)14(15(20)27)19(31-20)25-11-23-13-16(21-10-22-17(13)25)24-18(28)12-7-5-4-6-8-12/h4-8,10-11,14-15,19,27H,3,9H2,1-2H3,(H,21,22,24,28)/t14-,15+,19-,20+/m1/s1. The first kappa shape index (κ1) is 20.9. The highest BCUT2D eigenvalue weighted by Crippen LogP contribution is 2.49. The van der Waals surface area contributed by atoms with Crippen LogP contribution in [-0.4, -0.2) is 73.8 Å². The van der Waals surface area contributed by atoms with Crippen LogP contribution < -0.4 is 5.32 Å². The Morgan fingerprint density at radius 1 is 1.28 bits per heavy atom. The summed E-state index contributed by atoms with van der Waals surface area (Å²) in [6.45, 7) is 1.94. The number of aliphatic hydroxyl groups excluding tert-OH is 1. The topological polar surface area (TPSA) is 140 Å². The van der Waals surface area contributed by atoms with Gasteiger partial charge in [-0.2, -0.15) is 4.31 Å². The van der Waals surface area contributed by atoms with Crippen molar-refractivity contribution in [2.75, 3.05) is 18.1 Å². The van der Waals surface area contributed by atoms with Crippen molar-refractivity contribution in [3.05, 3.63) is 48.5 Å². The van der Waals surface area contributed by atoms with Gasteiger partial charge in [0.05, 0.1) is 18.6 Å². The van der Waals surface area contributed by atoms with Crippen LogP contribution in [0.5, 0.6) is 0 Å². The summed E-state index contributed by atoms with van der Waals surface area (Å²) in [6.07, 6.45) is 2.47. The molecule has 2 aromatic heterocycles. The highest BCUT2D eigenvalue weighted by molar-refractivity contribution is 7.88. The second-order valence-electron chi connectivity index (χ2n) is 8.04. The fourth-order valence-corrected chi connectivity index (χ4v) is 5.62. The van der Waals surface area contributed by atoms with Gasteiger partial charge >= 0.3 is 0 Å². The van der Waals surface area contributed by atoms with Crippen LogP contribution in [0.15, 0.2) is 43.0 Å². The second kappa shape index (κ2) is 7.30. The Morgan fingerprint density at radius 2 is 2.03 bits per heavy atom. The van der Waals surface area contributed by atoms with E-state index in [0.717, 1.165) is 6.26 Å². The van der Waals surface area contributed by atoms with E-state index in [0.29, 0.717) is 23.1 Å². The molecular formula is C20H22N6O5S. The molecule has 32 heavy (non-hydrogen) atoms. The lowest BCUT2D eigenvalue weighted by molar-refractivity contribution is -0.123. The minimum absolute atomic E-state index is 0.0880. The molecule has 0 spiro atoms. The van der Waals surface area contributed by atoms with Crippen molar-refractivity contribution in [3.8, 4) is 0 Å². The van der Waals surface area contributed by atoms with Crippen LogP contribution in [0.3, 0.4) is 0 Å². The first-order chi connectivity index (χ1) is 15.2. The van der Waals surface area contributed by atoms with Crippen molar-refractivity contribution < 1.29 is 23.1 Å². The molecule has 3 aromatic rings. The minimum Gasteiger partial charge on any atom is -0.388 e. The first-order valence-electron chi connectivity index (χ1n) is 10.1. The number of rotatable bonds is 5. The quantitative estimate of drug-likeness (QED) is 0.571. The molecule has 11 nitrogen and oxygen atoms in total. The van der Waals surface area contributed by atoms with E-state index in [9.17, 15) is 18.3 Å². The molecule has 2 N–H and O–H groups in total. The maximum absolute atomic E-state index is 12.6. The van der Waals surface area contributed by atoms with Crippen LogP contribution in [0.2, 0.25) is 0 Å². The zero-order valence-electron chi connectivity index (χ0n) is 17.4. The summed E-state index contributed by atoms with van der Waals surface area (Å²) < 4.78 is 33.8. The second-order valence-corrected chi connectivity index (χ2v) is 9.97. The summed E-state index contributed by atoms with van der Waals surface area (Å²) >= 11 is 0. The lowest BCUT2D eigenvalue weighted by atomic mass is 9.96. The molecular weight excluding hydrogens is 436 g/mol. The number of hydrogen-bond donors (Lipinski definition) is 2. The molecule has 0 radical (unpaired) electrons. The Morgan fingerprint density at radius 3 is 2.69 bits per heavy atom. The smallest absolute Gasteiger partial charge is 0.256 e. The molecule has 12 heteroatoms. The molecule has 0 aliphatic carbocycles. The zero-order valence-corrected chi connectivity index (χ0v) is 18.2. The predicted molar refractivity (Wildman–Crippen MR) is 114 cm³/mol. The van der Waals surface area contributed by atoms with E-state index < -0.39 is 34.0 Å². The van der Waals surface area contributed by atoms with Crippen LogP contribution in [-0.2, 0) is 14.8 Å². The van der Waals surface area contributed by atoms with Crippen molar-refractivity contribution >= 4 is 32.9 Å². The number of carbonyl (C=O) groups is 1. The molecule has 5 rings (SSSR count). The molecule has 2 saturated heterocycles. The van der Waals surface area contributed by atoms with Gasteiger partial charge in [0.25, 0.3) is 5.91 Å². The molecule has 2 aliphatic heterocycles. The fraction of sp³-hybridized carbons (Fsp3) is 0.400. The summed E-state index contributed by atoms with van der Waals surface area (Å²) in [4.78, 5) is 25.3. The Hall–Kier alpha value is -2.93. The average molecular weight is 459 g/mol. The van der Waals surface area contributed by atoms with Crippen molar-refractivity contribution in [3.63, 3.8) is 0 Å². The van der Waals surface area contributed by atoms with E-state index in [1.165, 1.54) is 17.0 Å². The van der Waals surface area contributed by atoms with Crippen LogP contribution in [0, 0.1) is 0 Å². The number of sulfonamides is 1. The number of nitrogens with one attached hydrogen (secondary N) is 1.